The summed E-state index contributed by atoms with van der Waals surface area (Å²) in [7, 11) is 0. The smallest absolute Gasteiger partial charge is 0.429 e. The second kappa shape index (κ2) is 13.8. The minimum absolute atomic E-state index is 0.109. The third kappa shape index (κ3) is 8.46. The Labute approximate surface area is 264 Å². The molecular formula is C34H28F8N2O3. The van der Waals surface area contributed by atoms with Gasteiger partial charge in [-0.1, -0.05) is 54.6 Å². The number of alkyl halides is 6. The first-order valence-corrected chi connectivity index (χ1v) is 14.1. The summed E-state index contributed by atoms with van der Waals surface area (Å²) in [5.74, 6) is -5.00. The molecule has 5 nitrogen and oxygen atoms in total. The summed E-state index contributed by atoms with van der Waals surface area (Å²) in [6.45, 7) is 1.96. The molecule has 2 N–H and O–H groups in total. The Morgan fingerprint density at radius 1 is 0.809 bits per heavy atom. The van der Waals surface area contributed by atoms with Crippen LogP contribution in [0.1, 0.15) is 52.0 Å². The van der Waals surface area contributed by atoms with E-state index in [2.05, 4.69) is 15.4 Å². The molecular weight excluding hydrogens is 636 g/mol. The molecule has 0 aliphatic carbocycles. The van der Waals surface area contributed by atoms with E-state index in [4.69, 9.17) is 0 Å². The maximum Gasteiger partial charge on any atom is 0.429 e. The Balaban J connectivity index is 1.95. The van der Waals surface area contributed by atoms with Gasteiger partial charge < -0.3 is 15.4 Å². The van der Waals surface area contributed by atoms with E-state index < -0.39 is 58.4 Å². The Bertz CT molecular complexity index is 1730. The standard InChI is InChI=1S/C34H28F8N2O3/c1-20(35)34(41,42)47-28-16-26(15-27(36)17-28)32(18-22-6-4-3-5-7-22,25-11-8-23(9-12-25)19-43-21(2)45)44-31(46)24-10-13-30(37)29(14-24)33(38,39)40/h3-17,20H,18-19H2,1-2H3,(H,43,45)(H,44,46)/t20?,32-/m1/s1. The van der Waals surface area contributed by atoms with Gasteiger partial charge in [-0.2, -0.15) is 22.0 Å². The van der Waals surface area contributed by atoms with Gasteiger partial charge in [0.05, 0.1) is 11.1 Å². The van der Waals surface area contributed by atoms with Crippen LogP contribution in [-0.2, 0) is 29.5 Å². The summed E-state index contributed by atoms with van der Waals surface area (Å²) in [6.07, 6.45) is -12.5. The van der Waals surface area contributed by atoms with Gasteiger partial charge in [-0.15, -0.1) is 0 Å². The molecule has 0 bridgehead atoms. The van der Waals surface area contributed by atoms with Gasteiger partial charge in [0, 0.05) is 31.5 Å². The predicted octanol–water partition coefficient (Wildman–Crippen LogP) is 7.87. The van der Waals surface area contributed by atoms with E-state index >= 15 is 4.39 Å². The molecule has 0 heterocycles. The van der Waals surface area contributed by atoms with Gasteiger partial charge in [0.2, 0.25) is 12.1 Å². The van der Waals surface area contributed by atoms with Crippen LogP contribution in [0.4, 0.5) is 35.1 Å². The van der Waals surface area contributed by atoms with E-state index in [-0.39, 0.29) is 30.0 Å². The van der Waals surface area contributed by atoms with Crippen molar-refractivity contribution in [1.82, 2.24) is 10.6 Å². The molecule has 13 heteroatoms. The molecule has 4 rings (SSSR count). The third-order valence-electron chi connectivity index (χ3n) is 7.24. The van der Waals surface area contributed by atoms with Crippen molar-refractivity contribution in [2.24, 2.45) is 0 Å². The number of rotatable bonds is 11. The summed E-state index contributed by atoms with van der Waals surface area (Å²) in [5.41, 5.74) is -3.10. The SMILES string of the molecule is CC(=O)NCc1ccc([C@@](Cc2ccccc2)(NC(=O)c2ccc(F)c(C(F)(F)F)c2)c2cc(F)cc(OC(F)(F)C(C)F)c2)cc1. The van der Waals surface area contributed by atoms with Crippen molar-refractivity contribution < 1.29 is 49.4 Å². The van der Waals surface area contributed by atoms with Crippen LogP contribution in [0.3, 0.4) is 0 Å². The van der Waals surface area contributed by atoms with Crippen LogP contribution in [0.2, 0.25) is 0 Å². The fraction of sp³-hybridized carbons (Fsp3) is 0.235. The van der Waals surface area contributed by atoms with Gasteiger partial charge in [0.1, 0.15) is 17.4 Å². The minimum atomic E-state index is -5.14. The van der Waals surface area contributed by atoms with Crippen molar-refractivity contribution in [2.75, 3.05) is 0 Å². The highest BCUT2D eigenvalue weighted by atomic mass is 19.4. The number of carbonyl (C=O) groups is 2. The topological polar surface area (TPSA) is 67.4 Å². The molecule has 4 aromatic carbocycles. The summed E-state index contributed by atoms with van der Waals surface area (Å²) < 4.78 is 117. The molecule has 0 saturated carbocycles. The van der Waals surface area contributed by atoms with E-state index in [9.17, 15) is 40.3 Å². The molecule has 0 aliphatic rings. The fourth-order valence-electron chi connectivity index (χ4n) is 4.85. The largest absolute Gasteiger partial charge is 0.430 e. The summed E-state index contributed by atoms with van der Waals surface area (Å²) in [5, 5.41) is 5.27. The van der Waals surface area contributed by atoms with Crippen LogP contribution < -0.4 is 15.4 Å². The molecule has 248 valence electrons. The maximum absolute atomic E-state index is 15.2. The zero-order valence-corrected chi connectivity index (χ0v) is 24.9. The molecule has 0 radical (unpaired) electrons. The molecule has 0 spiro atoms. The van der Waals surface area contributed by atoms with Gasteiger partial charge in [-0.05, 0) is 59.5 Å². The van der Waals surface area contributed by atoms with Crippen molar-refractivity contribution in [1.29, 1.82) is 0 Å². The van der Waals surface area contributed by atoms with Crippen LogP contribution >= 0.6 is 0 Å². The highest BCUT2D eigenvalue weighted by Crippen LogP contribution is 2.39. The Hall–Kier alpha value is -4.94. The van der Waals surface area contributed by atoms with Gasteiger partial charge in [-0.25, -0.2) is 13.2 Å². The second-order valence-corrected chi connectivity index (χ2v) is 10.8. The lowest BCUT2D eigenvalue weighted by atomic mass is 9.77. The van der Waals surface area contributed by atoms with E-state index in [1.165, 1.54) is 19.1 Å². The van der Waals surface area contributed by atoms with Crippen LogP contribution in [0.25, 0.3) is 0 Å². The summed E-state index contributed by atoms with van der Waals surface area (Å²) in [4.78, 5) is 25.2. The number of hydrogen-bond donors (Lipinski definition) is 2. The van der Waals surface area contributed by atoms with Crippen LogP contribution in [0.15, 0.2) is 91.0 Å². The first-order chi connectivity index (χ1) is 22.0. The summed E-state index contributed by atoms with van der Waals surface area (Å²) in [6, 6.07) is 18.4. The monoisotopic (exact) mass is 664 g/mol. The number of carbonyl (C=O) groups excluding carboxylic acids is 2. The lowest BCUT2D eigenvalue weighted by molar-refractivity contribution is -0.215. The number of amides is 2. The van der Waals surface area contributed by atoms with Crippen molar-refractivity contribution in [3.8, 4) is 5.75 Å². The molecule has 0 aliphatic heterocycles. The highest BCUT2D eigenvalue weighted by molar-refractivity contribution is 5.95. The van der Waals surface area contributed by atoms with Gasteiger partial charge in [-0.3, -0.25) is 9.59 Å². The van der Waals surface area contributed by atoms with Gasteiger partial charge >= 0.3 is 12.3 Å². The lowest BCUT2D eigenvalue weighted by Crippen LogP contribution is -2.49. The second-order valence-electron chi connectivity index (χ2n) is 10.8. The van der Waals surface area contributed by atoms with Gasteiger partial charge in [0.15, 0.2) is 0 Å². The molecule has 47 heavy (non-hydrogen) atoms. The zero-order chi connectivity index (χ0) is 34.6. The van der Waals surface area contributed by atoms with Crippen LogP contribution in [-0.4, -0.2) is 24.1 Å². The summed E-state index contributed by atoms with van der Waals surface area (Å²) >= 11 is 0. The molecule has 0 saturated heterocycles. The fourth-order valence-corrected chi connectivity index (χ4v) is 4.85. The molecule has 1 unspecified atom stereocenters. The first-order valence-electron chi connectivity index (χ1n) is 14.1. The molecule has 0 aromatic heterocycles. The average Bonchev–Trinajstić information content (AvgIpc) is 2.99. The van der Waals surface area contributed by atoms with Crippen LogP contribution in [0.5, 0.6) is 5.75 Å². The molecule has 4 aromatic rings. The van der Waals surface area contributed by atoms with Crippen molar-refractivity contribution in [3.05, 3.63) is 136 Å². The van der Waals surface area contributed by atoms with E-state index in [0.29, 0.717) is 36.2 Å². The molecule has 0 fully saturated rings. The normalized spacial score (nSPS) is 13.7. The van der Waals surface area contributed by atoms with Crippen molar-refractivity contribution >= 4 is 11.8 Å². The highest BCUT2D eigenvalue weighted by Gasteiger charge is 2.42. The first kappa shape index (κ1) is 34.9. The minimum Gasteiger partial charge on any atom is -0.430 e. The van der Waals surface area contributed by atoms with E-state index in [0.717, 1.165) is 18.2 Å². The maximum atomic E-state index is 15.2. The van der Waals surface area contributed by atoms with E-state index in [1.54, 1.807) is 42.5 Å². The third-order valence-corrected chi connectivity index (χ3v) is 7.24. The van der Waals surface area contributed by atoms with Crippen LogP contribution in [0, 0.1) is 11.6 Å². The zero-order valence-electron chi connectivity index (χ0n) is 24.9. The number of benzene rings is 4. The van der Waals surface area contributed by atoms with Gasteiger partial charge in [0.25, 0.3) is 5.91 Å². The molecule has 2 amide bonds. The van der Waals surface area contributed by atoms with Crippen molar-refractivity contribution in [3.63, 3.8) is 0 Å². The molecule has 2 atom stereocenters. The Morgan fingerprint density at radius 3 is 2.06 bits per heavy atom. The number of hydrogen-bond acceptors (Lipinski definition) is 3. The van der Waals surface area contributed by atoms with E-state index in [1.807, 2.05) is 0 Å². The van der Waals surface area contributed by atoms with Crippen molar-refractivity contribution in [2.45, 2.75) is 50.8 Å². The average molecular weight is 665 g/mol. The predicted molar refractivity (Wildman–Crippen MR) is 156 cm³/mol. The lowest BCUT2D eigenvalue weighted by Gasteiger charge is -2.37. The number of nitrogens with one attached hydrogen (secondary N) is 2. The number of halogens is 8. The number of ether oxygens (including phenoxy) is 1. The quantitative estimate of drug-likeness (QED) is 0.161. The Morgan fingerprint density at radius 2 is 1.47 bits per heavy atom. The Kier molecular flexibility index (Phi) is 10.3.